The van der Waals surface area contributed by atoms with Crippen LogP contribution in [0.1, 0.15) is 43.9 Å². The number of aryl methyl sites for hydroxylation is 1. The van der Waals surface area contributed by atoms with Gasteiger partial charge < -0.3 is 9.63 Å². The summed E-state index contributed by atoms with van der Waals surface area (Å²) >= 11 is 0. The number of anilines is 1. The molecule has 7 nitrogen and oxygen atoms in total. The predicted octanol–water partition coefficient (Wildman–Crippen LogP) is 2.06. The van der Waals surface area contributed by atoms with Crippen molar-refractivity contribution in [3.05, 3.63) is 11.3 Å². The first-order valence-electron chi connectivity index (χ1n) is 8.15. The summed E-state index contributed by atoms with van der Waals surface area (Å²) in [5.41, 5.74) is 1.86. The molecule has 2 bridgehead atoms. The number of hydrogen-bond acceptors (Lipinski definition) is 5. The number of hydrogen-bond donors (Lipinski definition) is 2. The summed E-state index contributed by atoms with van der Waals surface area (Å²) < 4.78 is 5.18. The molecule has 2 aliphatic rings. The second-order valence-corrected chi connectivity index (χ2v) is 6.16. The van der Waals surface area contributed by atoms with E-state index in [9.17, 15) is 4.79 Å². The molecule has 2 fully saturated rings. The normalized spacial score (nSPS) is 22.5. The molecule has 0 aromatic carbocycles. The van der Waals surface area contributed by atoms with Gasteiger partial charge in [-0.1, -0.05) is 12.1 Å². The molecule has 1 amide bonds. The summed E-state index contributed by atoms with van der Waals surface area (Å²) in [5.74, 6) is 1.43. The van der Waals surface area contributed by atoms with E-state index in [1.54, 1.807) is 0 Å². The van der Waals surface area contributed by atoms with Crippen LogP contribution in [0, 0.1) is 12.8 Å². The van der Waals surface area contributed by atoms with Gasteiger partial charge in [-0.2, -0.15) is 0 Å². The first-order chi connectivity index (χ1) is 11.1. The number of aromatic nitrogens is 1. The number of nitrogens with one attached hydrogen (secondary N) is 1. The Kier molecular flexibility index (Phi) is 6.15. The van der Waals surface area contributed by atoms with Crippen molar-refractivity contribution in [2.45, 2.75) is 52.0 Å². The van der Waals surface area contributed by atoms with Crippen molar-refractivity contribution in [1.29, 1.82) is 0 Å². The highest BCUT2D eigenvalue weighted by atomic mass is 16.5. The van der Waals surface area contributed by atoms with Crippen molar-refractivity contribution in [3.63, 3.8) is 0 Å². The van der Waals surface area contributed by atoms with E-state index >= 15 is 0 Å². The van der Waals surface area contributed by atoms with Gasteiger partial charge in [0, 0.05) is 31.1 Å². The molecule has 1 aromatic heterocycles. The largest absolute Gasteiger partial charge is 0.483 e. The van der Waals surface area contributed by atoms with Gasteiger partial charge in [0.25, 0.3) is 6.47 Å². The minimum absolute atomic E-state index is 0.0265. The molecule has 7 heteroatoms. The Balaban J connectivity index is 0.000000595. The Hall–Kier alpha value is -1.89. The molecule has 1 aliphatic heterocycles. The van der Waals surface area contributed by atoms with Crippen molar-refractivity contribution < 1.29 is 19.2 Å². The topological polar surface area (TPSA) is 95.7 Å². The average molecular weight is 323 g/mol. The zero-order valence-electron chi connectivity index (χ0n) is 13.7. The first-order valence-corrected chi connectivity index (χ1v) is 8.15. The predicted molar refractivity (Wildman–Crippen MR) is 85.3 cm³/mol. The minimum atomic E-state index is -0.250. The summed E-state index contributed by atoms with van der Waals surface area (Å²) in [6.07, 6.45) is 5.38. The van der Waals surface area contributed by atoms with Crippen LogP contribution in [0.25, 0.3) is 0 Å². The van der Waals surface area contributed by atoms with Crippen LogP contribution < -0.4 is 5.32 Å². The van der Waals surface area contributed by atoms with Gasteiger partial charge in [-0.3, -0.25) is 19.8 Å². The highest BCUT2D eigenvalue weighted by Crippen LogP contribution is 2.37. The Bertz CT molecular complexity index is 543. The molecule has 1 saturated heterocycles. The van der Waals surface area contributed by atoms with E-state index in [1.165, 1.54) is 25.8 Å². The maximum Gasteiger partial charge on any atom is 0.290 e. The van der Waals surface area contributed by atoms with Crippen molar-refractivity contribution in [2.75, 3.05) is 18.4 Å². The molecule has 2 N–H and O–H groups in total. The quantitative estimate of drug-likeness (QED) is 0.805. The second-order valence-electron chi connectivity index (χ2n) is 6.16. The lowest BCUT2D eigenvalue weighted by atomic mass is 10.1. The van der Waals surface area contributed by atoms with Gasteiger partial charge in [0.15, 0.2) is 0 Å². The Morgan fingerprint density at radius 3 is 2.83 bits per heavy atom. The number of rotatable bonds is 5. The van der Waals surface area contributed by atoms with E-state index in [4.69, 9.17) is 14.4 Å². The zero-order chi connectivity index (χ0) is 16.8. The lowest BCUT2D eigenvalue weighted by Gasteiger charge is -2.26. The average Bonchev–Trinajstić information content (AvgIpc) is 3.22. The SMILES string of the molecule is CCc1c(C)noc1NC(=O)CCN1C[C@@H]2CC[C@H]1C2.O=CO. The van der Waals surface area contributed by atoms with Gasteiger partial charge in [-0.25, -0.2) is 0 Å². The maximum atomic E-state index is 12.0. The molecule has 128 valence electrons. The smallest absolute Gasteiger partial charge is 0.290 e. The van der Waals surface area contributed by atoms with E-state index in [2.05, 4.69) is 15.4 Å². The summed E-state index contributed by atoms with van der Waals surface area (Å²) in [6, 6.07) is 0.728. The van der Waals surface area contributed by atoms with E-state index in [0.717, 1.165) is 36.2 Å². The molecule has 0 unspecified atom stereocenters. The summed E-state index contributed by atoms with van der Waals surface area (Å²) in [4.78, 5) is 22.9. The molecule has 1 aromatic rings. The summed E-state index contributed by atoms with van der Waals surface area (Å²) in [7, 11) is 0. The number of nitrogens with zero attached hydrogens (tertiary/aromatic N) is 2. The van der Waals surface area contributed by atoms with Gasteiger partial charge in [0.1, 0.15) is 0 Å². The fourth-order valence-corrected chi connectivity index (χ4v) is 3.64. The molecular weight excluding hydrogens is 298 g/mol. The third kappa shape index (κ3) is 4.31. The molecule has 2 heterocycles. The lowest BCUT2D eigenvalue weighted by Crippen LogP contribution is -2.34. The Labute approximate surface area is 136 Å². The number of likely N-dealkylation sites (tertiary alicyclic amines) is 1. The Morgan fingerprint density at radius 1 is 1.52 bits per heavy atom. The molecule has 23 heavy (non-hydrogen) atoms. The van der Waals surface area contributed by atoms with Gasteiger partial charge in [-0.15, -0.1) is 0 Å². The second kappa shape index (κ2) is 8.10. The van der Waals surface area contributed by atoms with E-state index < -0.39 is 0 Å². The van der Waals surface area contributed by atoms with Crippen molar-refractivity contribution in [2.24, 2.45) is 5.92 Å². The molecule has 1 aliphatic carbocycles. The molecule has 0 spiro atoms. The number of amides is 1. The highest BCUT2D eigenvalue weighted by molar-refractivity contribution is 5.90. The van der Waals surface area contributed by atoms with Crippen molar-refractivity contribution in [3.8, 4) is 0 Å². The van der Waals surface area contributed by atoms with E-state index in [0.29, 0.717) is 12.3 Å². The van der Waals surface area contributed by atoms with Crippen LogP contribution in [-0.4, -0.2) is 46.7 Å². The third-order valence-electron chi connectivity index (χ3n) is 4.74. The molecule has 1 saturated carbocycles. The number of carbonyl (C=O) groups is 2. The van der Waals surface area contributed by atoms with Crippen LogP contribution in [-0.2, 0) is 16.0 Å². The molecule has 0 radical (unpaired) electrons. The van der Waals surface area contributed by atoms with Crippen LogP contribution in [0.2, 0.25) is 0 Å². The van der Waals surface area contributed by atoms with Gasteiger partial charge >= 0.3 is 0 Å². The van der Waals surface area contributed by atoms with Crippen LogP contribution in [0.5, 0.6) is 0 Å². The highest BCUT2D eigenvalue weighted by Gasteiger charge is 2.37. The number of carboxylic acid groups (broad SMARTS) is 1. The molecule has 3 rings (SSSR count). The minimum Gasteiger partial charge on any atom is -0.483 e. The maximum absolute atomic E-state index is 12.0. The monoisotopic (exact) mass is 323 g/mol. The number of piperidine rings is 1. The van der Waals surface area contributed by atoms with E-state index in [-0.39, 0.29) is 12.4 Å². The fraction of sp³-hybridized carbons (Fsp3) is 0.688. The third-order valence-corrected chi connectivity index (χ3v) is 4.74. The van der Waals surface area contributed by atoms with Crippen LogP contribution in [0.4, 0.5) is 5.88 Å². The standard InChI is InChI=1S/C15H23N3O2.CH2O2/c1-3-13-10(2)17-20-15(13)16-14(19)6-7-18-9-11-4-5-12(18)8-11;2-1-3/h11-12H,3-9H2,1-2H3,(H,16,19);1H,(H,2,3)/t11-,12+;/m1./s1. The number of carbonyl (C=O) groups excluding carboxylic acids is 1. The van der Waals surface area contributed by atoms with Gasteiger partial charge in [-0.05, 0) is 38.5 Å². The summed E-state index contributed by atoms with van der Waals surface area (Å²) in [6.45, 7) is 5.73. The lowest BCUT2D eigenvalue weighted by molar-refractivity contribution is -0.123. The van der Waals surface area contributed by atoms with Crippen molar-refractivity contribution >= 4 is 18.3 Å². The van der Waals surface area contributed by atoms with Crippen LogP contribution in [0.3, 0.4) is 0 Å². The Morgan fingerprint density at radius 2 is 2.26 bits per heavy atom. The van der Waals surface area contributed by atoms with Crippen LogP contribution in [0.15, 0.2) is 4.52 Å². The molecule has 2 atom stereocenters. The van der Waals surface area contributed by atoms with Gasteiger partial charge in [0.2, 0.25) is 11.8 Å². The fourth-order valence-electron chi connectivity index (χ4n) is 3.64. The molecular formula is C16H25N3O4. The first kappa shape index (κ1) is 17.5. The number of fused-ring (bicyclic) bond motifs is 2. The van der Waals surface area contributed by atoms with Crippen molar-refractivity contribution in [1.82, 2.24) is 10.1 Å². The zero-order valence-corrected chi connectivity index (χ0v) is 13.7. The summed E-state index contributed by atoms with van der Waals surface area (Å²) in [5, 5.41) is 13.7. The van der Waals surface area contributed by atoms with Gasteiger partial charge in [0.05, 0.1) is 5.69 Å². The van der Waals surface area contributed by atoms with E-state index in [1.807, 2.05) is 13.8 Å². The van der Waals surface area contributed by atoms with Crippen LogP contribution >= 0.6 is 0 Å².